The molecule has 1 amide bonds. The molecule has 1 aliphatic rings. The zero-order valence-electron chi connectivity index (χ0n) is 15.7. The molecular weight excluding hydrogens is 396 g/mol. The third-order valence-electron chi connectivity index (χ3n) is 4.80. The van der Waals surface area contributed by atoms with E-state index < -0.39 is 10.0 Å². The molecule has 28 heavy (non-hydrogen) atoms. The fraction of sp³-hybridized carbons (Fsp3) is 0.286. The SMILES string of the molecule is C=CCN(c1ccccc1)S(=O)(=O)c1cc(C(=O)N2CCC(C)C2)ccc1Cl. The summed E-state index contributed by atoms with van der Waals surface area (Å²) in [6.45, 7) is 7.20. The summed E-state index contributed by atoms with van der Waals surface area (Å²) in [5.74, 6) is 0.271. The lowest BCUT2D eigenvalue weighted by Crippen LogP contribution is -2.32. The topological polar surface area (TPSA) is 57.7 Å². The Morgan fingerprint density at radius 3 is 2.61 bits per heavy atom. The first-order valence-electron chi connectivity index (χ1n) is 9.12. The van der Waals surface area contributed by atoms with Gasteiger partial charge in [-0.3, -0.25) is 9.10 Å². The number of hydrogen-bond donors (Lipinski definition) is 0. The summed E-state index contributed by atoms with van der Waals surface area (Å²) < 4.78 is 28.0. The lowest BCUT2D eigenvalue weighted by Gasteiger charge is -2.24. The number of hydrogen-bond acceptors (Lipinski definition) is 3. The summed E-state index contributed by atoms with van der Waals surface area (Å²) >= 11 is 6.24. The lowest BCUT2D eigenvalue weighted by molar-refractivity contribution is 0.0788. The predicted octanol–water partition coefficient (Wildman–Crippen LogP) is 4.20. The first-order chi connectivity index (χ1) is 13.3. The number of carbonyl (C=O) groups is 1. The first kappa shape index (κ1) is 20.4. The van der Waals surface area contributed by atoms with Gasteiger partial charge in [0.1, 0.15) is 4.90 Å². The molecule has 5 nitrogen and oxygen atoms in total. The summed E-state index contributed by atoms with van der Waals surface area (Å²) in [6.07, 6.45) is 2.46. The normalized spacial score (nSPS) is 16.8. The van der Waals surface area contributed by atoms with Crippen molar-refractivity contribution in [2.45, 2.75) is 18.2 Å². The van der Waals surface area contributed by atoms with Gasteiger partial charge in [-0.05, 0) is 42.7 Å². The highest BCUT2D eigenvalue weighted by molar-refractivity contribution is 7.93. The molecule has 2 aromatic rings. The van der Waals surface area contributed by atoms with E-state index in [1.54, 1.807) is 35.2 Å². The zero-order chi connectivity index (χ0) is 20.3. The van der Waals surface area contributed by atoms with Crippen molar-refractivity contribution < 1.29 is 13.2 Å². The average Bonchev–Trinajstić information content (AvgIpc) is 3.12. The highest BCUT2D eigenvalue weighted by Gasteiger charge is 2.29. The van der Waals surface area contributed by atoms with Gasteiger partial charge in [0.05, 0.1) is 17.3 Å². The van der Waals surface area contributed by atoms with E-state index in [0.29, 0.717) is 30.3 Å². The first-order valence-corrected chi connectivity index (χ1v) is 10.9. The van der Waals surface area contributed by atoms with Crippen LogP contribution in [0.25, 0.3) is 0 Å². The van der Waals surface area contributed by atoms with Crippen molar-refractivity contribution in [3.05, 3.63) is 71.8 Å². The number of nitrogens with zero attached hydrogens (tertiary/aromatic N) is 2. The molecule has 0 aromatic heterocycles. The van der Waals surface area contributed by atoms with Gasteiger partial charge in [0.15, 0.2) is 0 Å². The Labute approximate surface area is 171 Å². The van der Waals surface area contributed by atoms with Crippen LogP contribution >= 0.6 is 11.6 Å². The van der Waals surface area contributed by atoms with Crippen molar-refractivity contribution in [3.8, 4) is 0 Å². The molecule has 1 unspecified atom stereocenters. The van der Waals surface area contributed by atoms with Gasteiger partial charge in [-0.1, -0.05) is 42.8 Å². The van der Waals surface area contributed by atoms with Gasteiger partial charge in [0, 0.05) is 18.7 Å². The maximum absolute atomic E-state index is 13.4. The molecule has 7 heteroatoms. The van der Waals surface area contributed by atoms with Crippen LogP contribution in [0.15, 0.2) is 66.1 Å². The Balaban J connectivity index is 2.01. The van der Waals surface area contributed by atoms with Crippen LogP contribution in [0.3, 0.4) is 0 Å². The summed E-state index contributed by atoms with van der Waals surface area (Å²) in [4.78, 5) is 14.5. The van der Waals surface area contributed by atoms with E-state index in [2.05, 4.69) is 13.5 Å². The van der Waals surface area contributed by atoms with E-state index in [1.807, 2.05) is 6.07 Å². The molecule has 0 N–H and O–H groups in total. The van der Waals surface area contributed by atoms with Crippen molar-refractivity contribution in [2.75, 3.05) is 23.9 Å². The molecule has 0 radical (unpaired) electrons. The van der Waals surface area contributed by atoms with E-state index in [4.69, 9.17) is 11.6 Å². The molecule has 1 atom stereocenters. The Kier molecular flexibility index (Phi) is 6.10. The predicted molar refractivity (Wildman–Crippen MR) is 112 cm³/mol. The number of amides is 1. The van der Waals surface area contributed by atoms with Crippen LogP contribution in [-0.4, -0.2) is 38.9 Å². The number of para-hydroxylation sites is 1. The Morgan fingerprint density at radius 2 is 2.00 bits per heavy atom. The summed E-state index contributed by atoms with van der Waals surface area (Å²) in [5.41, 5.74) is 0.826. The minimum absolute atomic E-state index is 0.0799. The molecular formula is C21H23ClN2O3S. The van der Waals surface area contributed by atoms with E-state index in [1.165, 1.54) is 22.5 Å². The third-order valence-corrected chi connectivity index (χ3v) is 7.07. The van der Waals surface area contributed by atoms with Crippen LogP contribution in [0.1, 0.15) is 23.7 Å². The van der Waals surface area contributed by atoms with Crippen LogP contribution in [0.2, 0.25) is 5.02 Å². The van der Waals surface area contributed by atoms with Gasteiger partial charge in [-0.15, -0.1) is 6.58 Å². The molecule has 0 spiro atoms. The van der Waals surface area contributed by atoms with Crippen LogP contribution in [0.5, 0.6) is 0 Å². The Hall–Kier alpha value is -2.31. The molecule has 0 aliphatic carbocycles. The lowest BCUT2D eigenvalue weighted by atomic mass is 10.2. The number of benzene rings is 2. The summed E-state index contributed by atoms with van der Waals surface area (Å²) in [6, 6.07) is 13.2. The van der Waals surface area contributed by atoms with Gasteiger partial charge in [0.2, 0.25) is 0 Å². The highest BCUT2D eigenvalue weighted by atomic mass is 35.5. The molecule has 3 rings (SSSR count). The molecule has 0 bridgehead atoms. The Morgan fingerprint density at radius 1 is 1.29 bits per heavy atom. The van der Waals surface area contributed by atoms with E-state index in [9.17, 15) is 13.2 Å². The van der Waals surface area contributed by atoms with Gasteiger partial charge >= 0.3 is 0 Å². The van der Waals surface area contributed by atoms with Crippen molar-refractivity contribution in [1.82, 2.24) is 4.90 Å². The Bertz CT molecular complexity index is 976. The van der Waals surface area contributed by atoms with Crippen molar-refractivity contribution >= 4 is 33.2 Å². The number of sulfonamides is 1. The molecule has 1 heterocycles. The second-order valence-corrected chi connectivity index (χ2v) is 9.19. The number of carbonyl (C=O) groups excluding carboxylic acids is 1. The summed E-state index contributed by atoms with van der Waals surface area (Å²) in [5, 5.41) is 0.0799. The number of rotatable bonds is 6. The minimum Gasteiger partial charge on any atom is -0.338 e. The maximum Gasteiger partial charge on any atom is 0.266 e. The molecule has 148 valence electrons. The van der Waals surface area contributed by atoms with E-state index in [0.717, 1.165) is 6.42 Å². The van der Waals surface area contributed by atoms with Crippen molar-refractivity contribution in [3.63, 3.8) is 0 Å². The average molecular weight is 419 g/mol. The quantitative estimate of drug-likeness (QED) is 0.660. The molecule has 1 saturated heterocycles. The van der Waals surface area contributed by atoms with Gasteiger partial charge in [0.25, 0.3) is 15.9 Å². The molecule has 0 saturated carbocycles. The molecule has 1 fully saturated rings. The van der Waals surface area contributed by atoms with E-state index in [-0.39, 0.29) is 22.4 Å². The van der Waals surface area contributed by atoms with Gasteiger partial charge in [-0.2, -0.15) is 0 Å². The fourth-order valence-corrected chi connectivity index (χ4v) is 5.25. The molecule has 1 aliphatic heterocycles. The number of likely N-dealkylation sites (tertiary alicyclic amines) is 1. The maximum atomic E-state index is 13.4. The highest BCUT2D eigenvalue weighted by Crippen LogP contribution is 2.30. The zero-order valence-corrected chi connectivity index (χ0v) is 17.3. The number of anilines is 1. The minimum atomic E-state index is -3.98. The van der Waals surface area contributed by atoms with Crippen molar-refractivity contribution in [1.29, 1.82) is 0 Å². The standard InChI is InChI=1S/C21H23ClN2O3S/c1-3-12-24(18-7-5-4-6-8-18)28(26,27)20-14-17(9-10-19(20)22)21(25)23-13-11-16(2)15-23/h3-10,14,16H,1,11-13,15H2,2H3. The second-order valence-electron chi connectivity index (χ2n) is 6.95. The van der Waals surface area contributed by atoms with Crippen LogP contribution in [0.4, 0.5) is 5.69 Å². The van der Waals surface area contributed by atoms with Gasteiger partial charge < -0.3 is 4.90 Å². The smallest absolute Gasteiger partial charge is 0.266 e. The largest absolute Gasteiger partial charge is 0.338 e. The van der Waals surface area contributed by atoms with Crippen LogP contribution in [-0.2, 0) is 10.0 Å². The van der Waals surface area contributed by atoms with Crippen LogP contribution in [0, 0.1) is 5.92 Å². The monoisotopic (exact) mass is 418 g/mol. The van der Waals surface area contributed by atoms with E-state index >= 15 is 0 Å². The third kappa shape index (κ3) is 4.08. The van der Waals surface area contributed by atoms with Crippen LogP contribution < -0.4 is 4.31 Å². The number of halogens is 1. The fourth-order valence-electron chi connectivity index (χ4n) is 3.31. The summed E-state index contributed by atoms with van der Waals surface area (Å²) in [7, 11) is -3.98. The van der Waals surface area contributed by atoms with Gasteiger partial charge in [-0.25, -0.2) is 8.42 Å². The second kappa shape index (κ2) is 8.37. The molecule has 2 aromatic carbocycles. The van der Waals surface area contributed by atoms with Crippen molar-refractivity contribution in [2.24, 2.45) is 5.92 Å².